The average Bonchev–Trinajstić information content (AvgIpc) is 2.40. The lowest BCUT2D eigenvalue weighted by Gasteiger charge is -1.94. The van der Waals surface area contributed by atoms with Crippen LogP contribution < -0.4 is 5.32 Å². The summed E-state index contributed by atoms with van der Waals surface area (Å²) >= 11 is 0. The molecule has 0 atom stereocenters. The fraction of sp³-hybridized carbons (Fsp3) is 0.143. The first-order chi connectivity index (χ1) is 5.33. The van der Waals surface area contributed by atoms with Crippen LogP contribution in [0.2, 0.25) is 0 Å². The highest BCUT2D eigenvalue weighted by atomic mass is 16.1. The molecule has 0 aliphatic carbocycles. The summed E-state index contributed by atoms with van der Waals surface area (Å²) in [5, 5.41) is 8.86. The van der Waals surface area contributed by atoms with Crippen LogP contribution >= 0.6 is 0 Å². The van der Waals surface area contributed by atoms with Gasteiger partial charge < -0.3 is 5.32 Å². The van der Waals surface area contributed by atoms with Gasteiger partial charge in [-0.05, 0) is 13.0 Å². The number of nitrogens with one attached hydrogen (secondary N) is 2. The van der Waals surface area contributed by atoms with Crippen LogP contribution in [-0.2, 0) is 4.79 Å². The third-order valence-corrected chi connectivity index (χ3v) is 1.08. The van der Waals surface area contributed by atoms with Crippen molar-refractivity contribution in [3.05, 3.63) is 24.4 Å². The smallest absolute Gasteiger partial charge is 0.249 e. The van der Waals surface area contributed by atoms with E-state index in [1.807, 2.05) is 0 Å². The lowest BCUT2D eigenvalue weighted by molar-refractivity contribution is -0.111. The number of carbonyl (C=O) groups is 1. The van der Waals surface area contributed by atoms with E-state index in [1.165, 1.54) is 6.08 Å². The molecule has 0 aliphatic rings. The molecule has 11 heavy (non-hydrogen) atoms. The van der Waals surface area contributed by atoms with Crippen molar-refractivity contribution in [2.75, 3.05) is 5.32 Å². The molecule has 58 valence electrons. The van der Waals surface area contributed by atoms with Crippen molar-refractivity contribution in [2.45, 2.75) is 6.92 Å². The van der Waals surface area contributed by atoms with E-state index in [1.54, 1.807) is 25.3 Å². The Hall–Kier alpha value is -1.58. The molecule has 4 nitrogen and oxygen atoms in total. The highest BCUT2D eigenvalue weighted by Crippen LogP contribution is 1.97. The zero-order valence-corrected chi connectivity index (χ0v) is 6.16. The molecule has 1 rings (SSSR count). The Bertz CT molecular complexity index is 251. The molecule has 0 aromatic carbocycles. The van der Waals surface area contributed by atoms with E-state index in [0.717, 1.165) is 0 Å². The van der Waals surface area contributed by atoms with Crippen molar-refractivity contribution in [2.24, 2.45) is 0 Å². The number of nitrogens with zero attached hydrogens (tertiary/aromatic N) is 1. The van der Waals surface area contributed by atoms with Crippen molar-refractivity contribution in [3.8, 4) is 0 Å². The summed E-state index contributed by atoms with van der Waals surface area (Å²) in [7, 11) is 0. The Labute approximate surface area is 64.3 Å². The number of rotatable bonds is 2. The fourth-order valence-electron chi connectivity index (χ4n) is 0.651. The maximum absolute atomic E-state index is 10.9. The number of aromatic amines is 1. The summed E-state index contributed by atoms with van der Waals surface area (Å²) in [6, 6.07) is 1.68. The van der Waals surface area contributed by atoms with Gasteiger partial charge in [-0.3, -0.25) is 9.89 Å². The van der Waals surface area contributed by atoms with Gasteiger partial charge in [0.25, 0.3) is 0 Å². The molecule has 0 radical (unpaired) electrons. The molecule has 0 saturated heterocycles. The summed E-state index contributed by atoms with van der Waals surface area (Å²) < 4.78 is 0. The van der Waals surface area contributed by atoms with Gasteiger partial charge in [0.05, 0.1) is 6.20 Å². The van der Waals surface area contributed by atoms with Crippen molar-refractivity contribution in [1.82, 2.24) is 10.2 Å². The summed E-state index contributed by atoms with van der Waals surface area (Å²) in [6.45, 7) is 1.78. The first kappa shape index (κ1) is 7.53. The molecule has 0 fully saturated rings. The maximum Gasteiger partial charge on any atom is 0.249 e. The topological polar surface area (TPSA) is 57.8 Å². The number of carbonyl (C=O) groups excluding carboxylic acids is 1. The monoisotopic (exact) mass is 151 g/mol. The molecule has 0 unspecified atom stereocenters. The van der Waals surface area contributed by atoms with Crippen LogP contribution in [0.5, 0.6) is 0 Å². The molecular weight excluding hydrogens is 142 g/mol. The summed E-state index contributed by atoms with van der Waals surface area (Å²) in [6.07, 6.45) is 4.69. The average molecular weight is 151 g/mol. The molecule has 1 amide bonds. The molecule has 0 aliphatic heterocycles. The van der Waals surface area contributed by atoms with Gasteiger partial charge >= 0.3 is 0 Å². The Balaban J connectivity index is 2.50. The van der Waals surface area contributed by atoms with Gasteiger partial charge in [-0.2, -0.15) is 5.10 Å². The second kappa shape index (κ2) is 3.55. The van der Waals surface area contributed by atoms with Crippen LogP contribution in [-0.4, -0.2) is 16.1 Å². The molecule has 0 saturated carbocycles. The summed E-state index contributed by atoms with van der Waals surface area (Å²) in [4.78, 5) is 10.9. The predicted molar refractivity (Wildman–Crippen MR) is 42.0 cm³/mol. The van der Waals surface area contributed by atoms with E-state index in [-0.39, 0.29) is 5.91 Å². The Kier molecular flexibility index (Phi) is 2.43. The Morgan fingerprint density at radius 1 is 1.82 bits per heavy atom. The minimum atomic E-state index is -0.156. The minimum Gasteiger partial charge on any atom is -0.307 e. The first-order valence-electron chi connectivity index (χ1n) is 3.26. The lowest BCUT2D eigenvalue weighted by atomic mass is 10.5. The van der Waals surface area contributed by atoms with Crippen LogP contribution in [0.25, 0.3) is 0 Å². The molecular formula is C7H9N3O. The van der Waals surface area contributed by atoms with Crippen LogP contribution in [0, 0.1) is 0 Å². The maximum atomic E-state index is 10.9. The van der Waals surface area contributed by atoms with E-state index in [9.17, 15) is 4.79 Å². The van der Waals surface area contributed by atoms with Crippen LogP contribution in [0.1, 0.15) is 6.92 Å². The second-order valence-electron chi connectivity index (χ2n) is 1.96. The van der Waals surface area contributed by atoms with Gasteiger partial charge in [-0.1, -0.05) is 6.08 Å². The quantitative estimate of drug-likeness (QED) is 0.617. The molecule has 1 aromatic heterocycles. The van der Waals surface area contributed by atoms with Crippen molar-refractivity contribution in [1.29, 1.82) is 0 Å². The highest BCUT2D eigenvalue weighted by molar-refractivity contribution is 5.98. The van der Waals surface area contributed by atoms with Gasteiger partial charge in [-0.15, -0.1) is 0 Å². The van der Waals surface area contributed by atoms with Crippen LogP contribution in [0.3, 0.4) is 0 Å². The minimum absolute atomic E-state index is 0.156. The third kappa shape index (κ3) is 2.25. The number of anilines is 1. The standard InChI is InChI=1S/C7H9N3O/c1-2-3-7(11)9-6-4-5-8-10-6/h2-5H,1H3,(H2,8,9,10,11)/b3-2+. The van der Waals surface area contributed by atoms with E-state index < -0.39 is 0 Å². The van der Waals surface area contributed by atoms with Gasteiger partial charge in [0.15, 0.2) is 0 Å². The molecule has 4 heteroatoms. The van der Waals surface area contributed by atoms with Crippen molar-refractivity contribution >= 4 is 11.7 Å². The lowest BCUT2D eigenvalue weighted by Crippen LogP contribution is -2.07. The third-order valence-electron chi connectivity index (χ3n) is 1.08. The molecule has 1 heterocycles. The normalized spacial score (nSPS) is 10.3. The van der Waals surface area contributed by atoms with Gasteiger partial charge in [0, 0.05) is 6.07 Å². The van der Waals surface area contributed by atoms with Crippen molar-refractivity contribution in [3.63, 3.8) is 0 Å². The molecule has 0 bridgehead atoms. The van der Waals surface area contributed by atoms with Crippen LogP contribution in [0.4, 0.5) is 5.82 Å². The number of aromatic nitrogens is 2. The second-order valence-corrected chi connectivity index (χ2v) is 1.96. The van der Waals surface area contributed by atoms with E-state index in [0.29, 0.717) is 5.82 Å². The van der Waals surface area contributed by atoms with Gasteiger partial charge in [-0.25, -0.2) is 0 Å². The Morgan fingerprint density at radius 3 is 3.18 bits per heavy atom. The number of allylic oxidation sites excluding steroid dienone is 1. The molecule has 1 aromatic rings. The highest BCUT2D eigenvalue weighted by Gasteiger charge is 1.95. The molecule has 0 spiro atoms. The zero-order chi connectivity index (χ0) is 8.10. The number of amides is 1. The van der Waals surface area contributed by atoms with Gasteiger partial charge in [0.1, 0.15) is 5.82 Å². The van der Waals surface area contributed by atoms with Crippen LogP contribution in [0.15, 0.2) is 24.4 Å². The van der Waals surface area contributed by atoms with E-state index in [4.69, 9.17) is 0 Å². The summed E-state index contributed by atoms with van der Waals surface area (Å²) in [5.41, 5.74) is 0. The number of hydrogen-bond acceptors (Lipinski definition) is 2. The Morgan fingerprint density at radius 2 is 2.64 bits per heavy atom. The largest absolute Gasteiger partial charge is 0.307 e. The SMILES string of the molecule is C/C=C/C(=O)Nc1ccn[nH]1. The predicted octanol–water partition coefficient (Wildman–Crippen LogP) is 0.924. The number of H-pyrrole nitrogens is 1. The van der Waals surface area contributed by atoms with E-state index >= 15 is 0 Å². The first-order valence-corrected chi connectivity index (χ1v) is 3.26. The van der Waals surface area contributed by atoms with Crippen molar-refractivity contribution < 1.29 is 4.79 Å². The molecule has 2 N–H and O–H groups in total. The zero-order valence-electron chi connectivity index (χ0n) is 6.16. The summed E-state index contributed by atoms with van der Waals surface area (Å²) in [5.74, 6) is 0.449. The number of hydrogen-bond donors (Lipinski definition) is 2. The van der Waals surface area contributed by atoms with Gasteiger partial charge in [0.2, 0.25) is 5.91 Å². The fourth-order valence-corrected chi connectivity index (χ4v) is 0.651. The van der Waals surface area contributed by atoms with E-state index in [2.05, 4.69) is 15.5 Å².